The highest BCUT2D eigenvalue weighted by molar-refractivity contribution is 5.54. The number of aliphatic hydroxyl groups is 1. The molecular weight excluding hydrogens is 214 g/mol. The van der Waals surface area contributed by atoms with E-state index in [1.54, 1.807) is 7.11 Å². The minimum atomic E-state index is 0.113. The van der Waals surface area contributed by atoms with Gasteiger partial charge in [0.25, 0.3) is 0 Å². The Morgan fingerprint density at radius 3 is 2.94 bits per heavy atom. The Hall–Kier alpha value is -1.06. The second-order valence-electron chi connectivity index (χ2n) is 4.72. The molecule has 1 fully saturated rings. The van der Waals surface area contributed by atoms with Crippen molar-refractivity contribution in [1.29, 1.82) is 0 Å². The molecule has 1 aromatic rings. The molecule has 0 aliphatic carbocycles. The van der Waals surface area contributed by atoms with Crippen LogP contribution in [0.25, 0.3) is 0 Å². The van der Waals surface area contributed by atoms with E-state index in [-0.39, 0.29) is 6.61 Å². The van der Waals surface area contributed by atoms with Crippen LogP contribution in [0.5, 0.6) is 0 Å². The minimum Gasteiger partial charge on any atom is -0.392 e. The molecule has 2 rings (SSSR count). The van der Waals surface area contributed by atoms with E-state index in [0.717, 1.165) is 25.1 Å². The third kappa shape index (κ3) is 2.79. The third-order valence-corrected chi connectivity index (χ3v) is 3.50. The Bertz CT molecular complexity index is 378. The average molecular weight is 235 g/mol. The van der Waals surface area contributed by atoms with E-state index in [4.69, 9.17) is 9.84 Å². The van der Waals surface area contributed by atoms with E-state index in [9.17, 15) is 0 Å². The molecule has 1 atom stereocenters. The van der Waals surface area contributed by atoms with Gasteiger partial charge in [0.2, 0.25) is 0 Å². The van der Waals surface area contributed by atoms with Gasteiger partial charge in [0.15, 0.2) is 0 Å². The minimum absolute atomic E-state index is 0.113. The number of nitrogens with zero attached hydrogens (tertiary/aromatic N) is 1. The SMILES string of the molecule is COC1CCCN(c2ccc(CO)cc2C)C1. The lowest BCUT2D eigenvalue weighted by molar-refractivity contribution is 0.0893. The Kier molecular flexibility index (Phi) is 4.02. The highest BCUT2D eigenvalue weighted by Gasteiger charge is 2.20. The molecule has 17 heavy (non-hydrogen) atoms. The molecular formula is C14H21NO2. The fourth-order valence-electron chi connectivity index (χ4n) is 2.52. The maximum atomic E-state index is 9.11. The molecule has 0 spiro atoms. The summed E-state index contributed by atoms with van der Waals surface area (Å²) in [5.41, 5.74) is 3.48. The average Bonchev–Trinajstić information content (AvgIpc) is 2.38. The molecule has 94 valence electrons. The van der Waals surface area contributed by atoms with Gasteiger partial charge in [-0.15, -0.1) is 0 Å². The molecule has 1 aliphatic rings. The predicted molar refractivity (Wildman–Crippen MR) is 69.3 cm³/mol. The summed E-state index contributed by atoms with van der Waals surface area (Å²) in [4.78, 5) is 2.38. The van der Waals surface area contributed by atoms with Crippen molar-refractivity contribution in [3.63, 3.8) is 0 Å². The van der Waals surface area contributed by atoms with E-state index in [0.29, 0.717) is 6.10 Å². The van der Waals surface area contributed by atoms with Crippen LogP contribution in [0, 0.1) is 6.92 Å². The molecule has 1 saturated heterocycles. The van der Waals surface area contributed by atoms with E-state index in [1.165, 1.54) is 17.7 Å². The molecule has 0 bridgehead atoms. The fraction of sp³-hybridized carbons (Fsp3) is 0.571. The summed E-state index contributed by atoms with van der Waals surface area (Å²) < 4.78 is 5.45. The lowest BCUT2D eigenvalue weighted by atomic mass is 10.0. The van der Waals surface area contributed by atoms with Gasteiger partial charge in [-0.1, -0.05) is 12.1 Å². The molecule has 0 radical (unpaired) electrons. The first-order chi connectivity index (χ1) is 8.24. The van der Waals surface area contributed by atoms with Crippen molar-refractivity contribution in [3.8, 4) is 0 Å². The molecule has 1 aliphatic heterocycles. The van der Waals surface area contributed by atoms with Crippen molar-refractivity contribution in [2.75, 3.05) is 25.1 Å². The summed E-state index contributed by atoms with van der Waals surface area (Å²) in [5, 5.41) is 9.11. The van der Waals surface area contributed by atoms with E-state index >= 15 is 0 Å². The number of hydrogen-bond acceptors (Lipinski definition) is 3. The number of hydrogen-bond donors (Lipinski definition) is 1. The number of piperidine rings is 1. The summed E-state index contributed by atoms with van der Waals surface area (Å²) in [5.74, 6) is 0. The number of ether oxygens (including phenoxy) is 1. The monoisotopic (exact) mass is 235 g/mol. The molecule has 1 heterocycles. The van der Waals surface area contributed by atoms with E-state index in [1.807, 2.05) is 6.07 Å². The highest BCUT2D eigenvalue weighted by atomic mass is 16.5. The van der Waals surface area contributed by atoms with Gasteiger partial charge in [0.05, 0.1) is 12.7 Å². The second-order valence-corrected chi connectivity index (χ2v) is 4.72. The first kappa shape index (κ1) is 12.4. The van der Waals surface area contributed by atoms with Crippen LogP contribution in [0.1, 0.15) is 24.0 Å². The molecule has 1 N–H and O–H groups in total. The molecule has 3 nitrogen and oxygen atoms in total. The van der Waals surface area contributed by atoms with Gasteiger partial charge in [-0.25, -0.2) is 0 Å². The fourth-order valence-corrected chi connectivity index (χ4v) is 2.52. The largest absolute Gasteiger partial charge is 0.392 e. The quantitative estimate of drug-likeness (QED) is 0.871. The summed E-state index contributed by atoms with van der Waals surface area (Å²) in [7, 11) is 1.79. The van der Waals surface area contributed by atoms with E-state index in [2.05, 4.69) is 24.0 Å². The number of methoxy groups -OCH3 is 1. The predicted octanol–water partition coefficient (Wildman–Crippen LogP) is 2.10. The number of rotatable bonds is 3. The van der Waals surface area contributed by atoms with Crippen molar-refractivity contribution in [2.45, 2.75) is 32.5 Å². The second kappa shape index (κ2) is 5.52. The Balaban J connectivity index is 2.16. The smallest absolute Gasteiger partial charge is 0.0746 e. The number of aliphatic hydroxyl groups excluding tert-OH is 1. The van der Waals surface area contributed by atoms with Gasteiger partial charge >= 0.3 is 0 Å². The number of benzene rings is 1. The first-order valence-electron chi connectivity index (χ1n) is 6.22. The Labute approximate surface area is 103 Å². The topological polar surface area (TPSA) is 32.7 Å². The van der Waals surface area contributed by atoms with Crippen LogP contribution in [-0.2, 0) is 11.3 Å². The Morgan fingerprint density at radius 2 is 2.29 bits per heavy atom. The van der Waals surface area contributed by atoms with E-state index < -0.39 is 0 Å². The lowest BCUT2D eigenvalue weighted by Crippen LogP contribution is -2.39. The molecule has 0 aromatic heterocycles. The van der Waals surface area contributed by atoms with Gasteiger partial charge in [0, 0.05) is 25.9 Å². The lowest BCUT2D eigenvalue weighted by Gasteiger charge is -2.34. The molecule has 3 heteroatoms. The highest BCUT2D eigenvalue weighted by Crippen LogP contribution is 2.25. The summed E-state index contributed by atoms with van der Waals surface area (Å²) in [6.07, 6.45) is 2.68. The zero-order valence-corrected chi connectivity index (χ0v) is 10.6. The van der Waals surface area contributed by atoms with Crippen LogP contribution >= 0.6 is 0 Å². The first-order valence-corrected chi connectivity index (χ1v) is 6.22. The van der Waals surface area contributed by atoms with Crippen LogP contribution in [0.3, 0.4) is 0 Å². The van der Waals surface area contributed by atoms with Crippen molar-refractivity contribution < 1.29 is 9.84 Å². The summed E-state index contributed by atoms with van der Waals surface area (Å²) in [6.45, 7) is 4.28. The van der Waals surface area contributed by atoms with Gasteiger partial charge in [-0.05, 0) is 37.0 Å². The van der Waals surface area contributed by atoms with Gasteiger partial charge in [-0.3, -0.25) is 0 Å². The van der Waals surface area contributed by atoms with Crippen LogP contribution in [0.2, 0.25) is 0 Å². The molecule has 0 amide bonds. The summed E-state index contributed by atoms with van der Waals surface area (Å²) >= 11 is 0. The van der Waals surface area contributed by atoms with Crippen LogP contribution < -0.4 is 4.90 Å². The van der Waals surface area contributed by atoms with Crippen molar-refractivity contribution in [1.82, 2.24) is 0 Å². The molecule has 0 saturated carbocycles. The standard InChI is InChI=1S/C14H21NO2/c1-11-8-12(10-16)5-6-14(11)15-7-3-4-13(9-15)17-2/h5-6,8,13,16H,3-4,7,9-10H2,1-2H3. The van der Waals surface area contributed by atoms with Gasteiger partial charge < -0.3 is 14.7 Å². The zero-order chi connectivity index (χ0) is 12.3. The normalized spacial score (nSPS) is 20.6. The van der Waals surface area contributed by atoms with Crippen LogP contribution in [0.4, 0.5) is 5.69 Å². The van der Waals surface area contributed by atoms with Crippen molar-refractivity contribution in [3.05, 3.63) is 29.3 Å². The number of anilines is 1. The van der Waals surface area contributed by atoms with Crippen molar-refractivity contribution >= 4 is 5.69 Å². The third-order valence-electron chi connectivity index (χ3n) is 3.50. The molecule has 1 aromatic carbocycles. The summed E-state index contributed by atoms with van der Waals surface area (Å²) in [6, 6.07) is 6.17. The number of aryl methyl sites for hydroxylation is 1. The van der Waals surface area contributed by atoms with Gasteiger partial charge in [-0.2, -0.15) is 0 Å². The maximum absolute atomic E-state index is 9.11. The zero-order valence-electron chi connectivity index (χ0n) is 10.6. The van der Waals surface area contributed by atoms with Gasteiger partial charge in [0.1, 0.15) is 0 Å². The maximum Gasteiger partial charge on any atom is 0.0746 e. The Morgan fingerprint density at radius 1 is 1.47 bits per heavy atom. The van der Waals surface area contributed by atoms with Crippen LogP contribution in [-0.4, -0.2) is 31.4 Å². The van der Waals surface area contributed by atoms with Crippen molar-refractivity contribution in [2.24, 2.45) is 0 Å². The van der Waals surface area contributed by atoms with Crippen LogP contribution in [0.15, 0.2) is 18.2 Å². The molecule has 1 unspecified atom stereocenters.